The molecule has 0 bridgehead atoms. The van der Waals surface area contributed by atoms with Gasteiger partial charge in [0, 0.05) is 6.08 Å². The van der Waals surface area contributed by atoms with Crippen LogP contribution in [-0.4, -0.2) is 17.5 Å². The van der Waals surface area contributed by atoms with Crippen LogP contribution in [0.15, 0.2) is 42.5 Å². The number of rotatable bonds is 6. The van der Waals surface area contributed by atoms with Crippen LogP contribution in [0.3, 0.4) is 0 Å². The molecule has 4 nitrogen and oxygen atoms in total. The third kappa shape index (κ3) is 4.85. The number of benzene rings is 1. The second kappa shape index (κ2) is 8.05. The second-order valence-electron chi connectivity index (χ2n) is 10.3. The predicted octanol–water partition coefficient (Wildman–Crippen LogP) is 5.51. The first-order valence-electron chi connectivity index (χ1n) is 10.8. The lowest BCUT2D eigenvalue weighted by atomic mass is 9.98. The molecular formula is C26H34O4. The van der Waals surface area contributed by atoms with Gasteiger partial charge < -0.3 is 9.47 Å². The Morgan fingerprint density at radius 3 is 2.60 bits per heavy atom. The minimum Gasteiger partial charge on any atom is -0.457 e. The summed E-state index contributed by atoms with van der Waals surface area (Å²) in [6.07, 6.45) is 5.65. The molecule has 0 amide bonds. The molecule has 1 aromatic carbocycles. The van der Waals surface area contributed by atoms with E-state index in [1.807, 2.05) is 47.6 Å². The van der Waals surface area contributed by atoms with E-state index >= 15 is 0 Å². The Labute approximate surface area is 180 Å². The molecule has 3 atom stereocenters. The fourth-order valence-electron chi connectivity index (χ4n) is 4.52. The highest BCUT2D eigenvalue weighted by Gasteiger charge is 2.61. The van der Waals surface area contributed by atoms with E-state index in [9.17, 15) is 9.59 Å². The first-order chi connectivity index (χ1) is 13.9. The number of hydrogen-bond donors (Lipinski definition) is 0. The van der Waals surface area contributed by atoms with Gasteiger partial charge in [0.15, 0.2) is 0 Å². The summed E-state index contributed by atoms with van der Waals surface area (Å²) in [4.78, 5) is 24.9. The molecule has 2 aliphatic carbocycles. The summed E-state index contributed by atoms with van der Waals surface area (Å²) in [5, 5.41) is 0. The highest BCUT2D eigenvalue weighted by atomic mass is 16.6. The van der Waals surface area contributed by atoms with Crippen molar-refractivity contribution in [3.05, 3.63) is 59.2 Å². The Hall–Kier alpha value is -2.36. The molecule has 162 valence electrons. The van der Waals surface area contributed by atoms with Gasteiger partial charge in [-0.15, -0.1) is 0 Å². The lowest BCUT2D eigenvalue weighted by Gasteiger charge is -2.17. The van der Waals surface area contributed by atoms with E-state index in [2.05, 4.69) is 18.7 Å². The summed E-state index contributed by atoms with van der Waals surface area (Å²) in [6.45, 7) is 15.6. The largest absolute Gasteiger partial charge is 0.457 e. The van der Waals surface area contributed by atoms with Crippen LogP contribution in [0.1, 0.15) is 70.8 Å². The summed E-state index contributed by atoms with van der Waals surface area (Å²) in [5.41, 5.74) is 4.08. The SMILES string of the molecule is C=C(C)Cc1cccc2c1CCC2OC(=O)[C@@H]1[C@H](/C=C\C(=O)OC(C)(C)C)C1(C)C. The number of esters is 2. The zero-order chi connectivity index (χ0) is 22.3. The number of carbonyl (C=O) groups is 2. The fraction of sp³-hybridized carbons (Fsp3) is 0.538. The summed E-state index contributed by atoms with van der Waals surface area (Å²) in [5.74, 6) is -0.818. The molecule has 4 heteroatoms. The van der Waals surface area contributed by atoms with Crippen molar-refractivity contribution >= 4 is 11.9 Å². The van der Waals surface area contributed by atoms with E-state index in [4.69, 9.17) is 9.47 Å². The van der Waals surface area contributed by atoms with Gasteiger partial charge in [0.1, 0.15) is 11.7 Å². The van der Waals surface area contributed by atoms with Crippen LogP contribution in [0, 0.1) is 17.3 Å². The van der Waals surface area contributed by atoms with Crippen molar-refractivity contribution in [3.8, 4) is 0 Å². The minimum atomic E-state index is -0.530. The van der Waals surface area contributed by atoms with E-state index in [-0.39, 0.29) is 35.3 Å². The molecule has 0 radical (unpaired) electrons. The maximum Gasteiger partial charge on any atom is 0.330 e. The van der Waals surface area contributed by atoms with Gasteiger partial charge in [0.25, 0.3) is 0 Å². The van der Waals surface area contributed by atoms with E-state index in [1.54, 1.807) is 6.08 Å². The molecule has 0 heterocycles. The maximum atomic E-state index is 12.9. The van der Waals surface area contributed by atoms with E-state index in [1.165, 1.54) is 17.2 Å². The molecule has 0 saturated heterocycles. The highest BCUT2D eigenvalue weighted by molar-refractivity contribution is 5.83. The molecule has 0 aliphatic heterocycles. The number of hydrogen-bond acceptors (Lipinski definition) is 4. The highest BCUT2D eigenvalue weighted by Crippen LogP contribution is 2.60. The average Bonchev–Trinajstić information content (AvgIpc) is 2.92. The lowest BCUT2D eigenvalue weighted by molar-refractivity contribution is -0.152. The Bertz CT molecular complexity index is 885. The zero-order valence-corrected chi connectivity index (χ0v) is 19.1. The predicted molar refractivity (Wildman–Crippen MR) is 118 cm³/mol. The quantitative estimate of drug-likeness (QED) is 0.353. The normalized spacial score (nSPS) is 24.4. The summed E-state index contributed by atoms with van der Waals surface area (Å²) < 4.78 is 11.3. The summed E-state index contributed by atoms with van der Waals surface area (Å²) >= 11 is 0. The van der Waals surface area contributed by atoms with Crippen molar-refractivity contribution in [2.24, 2.45) is 17.3 Å². The third-order valence-electron chi connectivity index (χ3n) is 6.07. The topological polar surface area (TPSA) is 52.6 Å². The van der Waals surface area contributed by atoms with Gasteiger partial charge in [-0.1, -0.05) is 50.3 Å². The Balaban J connectivity index is 1.65. The molecule has 30 heavy (non-hydrogen) atoms. The van der Waals surface area contributed by atoms with Crippen LogP contribution < -0.4 is 0 Å². The van der Waals surface area contributed by atoms with E-state index in [0.717, 1.165) is 30.4 Å². The summed E-state index contributed by atoms with van der Waals surface area (Å²) in [7, 11) is 0. The van der Waals surface area contributed by atoms with Gasteiger partial charge in [-0.25, -0.2) is 4.79 Å². The van der Waals surface area contributed by atoms with E-state index in [0.29, 0.717) is 0 Å². The van der Waals surface area contributed by atoms with Crippen LogP contribution in [-0.2, 0) is 31.9 Å². The summed E-state index contributed by atoms with van der Waals surface area (Å²) in [6, 6.07) is 6.25. The van der Waals surface area contributed by atoms with Crippen molar-refractivity contribution in [1.82, 2.24) is 0 Å². The van der Waals surface area contributed by atoms with Crippen molar-refractivity contribution in [2.75, 3.05) is 0 Å². The monoisotopic (exact) mass is 410 g/mol. The van der Waals surface area contributed by atoms with Crippen LogP contribution in [0.5, 0.6) is 0 Å². The zero-order valence-electron chi connectivity index (χ0n) is 19.1. The van der Waals surface area contributed by atoms with Crippen LogP contribution in [0.2, 0.25) is 0 Å². The molecule has 0 spiro atoms. The number of ether oxygens (including phenoxy) is 2. The molecule has 0 aromatic heterocycles. The molecular weight excluding hydrogens is 376 g/mol. The minimum absolute atomic E-state index is 0.0202. The van der Waals surface area contributed by atoms with Gasteiger partial charge in [0.2, 0.25) is 0 Å². The first-order valence-corrected chi connectivity index (χ1v) is 10.8. The molecule has 0 N–H and O–H groups in total. The average molecular weight is 411 g/mol. The molecule has 3 rings (SSSR count). The molecule has 1 saturated carbocycles. The number of allylic oxidation sites excluding steroid dienone is 2. The number of carbonyl (C=O) groups excluding carboxylic acids is 2. The van der Waals surface area contributed by atoms with E-state index < -0.39 is 5.60 Å². The van der Waals surface area contributed by atoms with Gasteiger partial charge in [0.05, 0.1) is 5.92 Å². The first kappa shape index (κ1) is 22.3. The molecule has 1 unspecified atom stereocenters. The smallest absolute Gasteiger partial charge is 0.330 e. The maximum absolute atomic E-state index is 12.9. The Kier molecular flexibility index (Phi) is 5.99. The van der Waals surface area contributed by atoms with Crippen LogP contribution in [0.25, 0.3) is 0 Å². The van der Waals surface area contributed by atoms with Crippen LogP contribution in [0.4, 0.5) is 0 Å². The van der Waals surface area contributed by atoms with Gasteiger partial charge in [-0.2, -0.15) is 0 Å². The van der Waals surface area contributed by atoms with Crippen LogP contribution >= 0.6 is 0 Å². The Morgan fingerprint density at radius 2 is 1.97 bits per heavy atom. The standard InChI is InChI=1S/C26H34O4/c1-16(2)15-17-9-8-10-19-18(17)11-13-21(19)29-24(28)23-20(26(23,6)7)12-14-22(27)30-25(3,4)5/h8-10,12,14,20-21,23H,1,11,13,15H2,2-7H3/b14-12-/t20-,21?,23-/m0/s1. The van der Waals surface area contributed by atoms with Crippen molar-refractivity contribution < 1.29 is 19.1 Å². The lowest BCUT2D eigenvalue weighted by Crippen LogP contribution is -2.22. The van der Waals surface area contributed by atoms with Crippen molar-refractivity contribution in [3.63, 3.8) is 0 Å². The molecule has 1 aromatic rings. The fourth-order valence-corrected chi connectivity index (χ4v) is 4.52. The van der Waals surface area contributed by atoms with Gasteiger partial charge in [-0.05, 0) is 75.0 Å². The molecule has 1 fully saturated rings. The van der Waals surface area contributed by atoms with Gasteiger partial charge in [-0.3, -0.25) is 4.79 Å². The number of fused-ring (bicyclic) bond motifs is 1. The van der Waals surface area contributed by atoms with Crippen molar-refractivity contribution in [1.29, 1.82) is 0 Å². The Morgan fingerprint density at radius 1 is 1.27 bits per heavy atom. The second-order valence-corrected chi connectivity index (χ2v) is 10.3. The third-order valence-corrected chi connectivity index (χ3v) is 6.07. The van der Waals surface area contributed by atoms with Crippen molar-refractivity contribution in [2.45, 2.75) is 72.5 Å². The van der Waals surface area contributed by atoms with Gasteiger partial charge >= 0.3 is 11.9 Å². The molecule has 2 aliphatic rings.